The van der Waals surface area contributed by atoms with E-state index >= 15 is 0 Å². The lowest BCUT2D eigenvalue weighted by Gasteiger charge is -2.02. The maximum Gasteiger partial charge on any atom is 0.137 e. The number of hydrogen-bond donors (Lipinski definition) is 0. The van der Waals surface area contributed by atoms with Crippen LogP contribution >= 0.6 is 0 Å². The minimum Gasteiger partial charge on any atom is -0.368 e. The molecule has 3 heteroatoms. The molecule has 1 saturated heterocycles. The van der Waals surface area contributed by atoms with Crippen LogP contribution in [0.25, 0.3) is 16.9 Å². The average Bonchev–Trinajstić information content (AvgIpc) is 3.19. The molecule has 0 radical (unpaired) electrons. The maximum atomic E-state index is 4.66. The van der Waals surface area contributed by atoms with Gasteiger partial charge in [0.2, 0.25) is 0 Å². The van der Waals surface area contributed by atoms with Crippen molar-refractivity contribution in [3.63, 3.8) is 0 Å². The molecular formula is C16H15N3. The molecule has 1 aromatic carbocycles. The monoisotopic (exact) mass is 249 g/mol. The third kappa shape index (κ3) is 1.87. The third-order valence-corrected chi connectivity index (χ3v) is 3.57. The van der Waals surface area contributed by atoms with Crippen molar-refractivity contribution in [2.45, 2.75) is 6.92 Å². The van der Waals surface area contributed by atoms with E-state index in [1.54, 1.807) is 0 Å². The molecular weight excluding hydrogens is 234 g/mol. The first-order chi connectivity index (χ1) is 9.29. The molecule has 19 heavy (non-hydrogen) atoms. The quantitative estimate of drug-likeness (QED) is 0.650. The first kappa shape index (κ1) is 10.6. The van der Waals surface area contributed by atoms with Crippen LogP contribution in [0, 0.1) is 6.92 Å². The van der Waals surface area contributed by atoms with Crippen LogP contribution in [0.3, 0.4) is 0 Å². The van der Waals surface area contributed by atoms with Crippen LogP contribution < -0.4 is 4.90 Å². The van der Waals surface area contributed by atoms with Gasteiger partial charge in [0.25, 0.3) is 0 Å². The Bertz CT molecular complexity index is 736. The van der Waals surface area contributed by atoms with E-state index in [1.165, 1.54) is 29.9 Å². The number of anilines is 1. The van der Waals surface area contributed by atoms with Gasteiger partial charge >= 0.3 is 0 Å². The summed E-state index contributed by atoms with van der Waals surface area (Å²) in [6.45, 7) is 4.47. The van der Waals surface area contributed by atoms with Crippen molar-refractivity contribution in [3.05, 3.63) is 54.4 Å². The van der Waals surface area contributed by atoms with E-state index in [4.69, 9.17) is 0 Å². The molecule has 0 N–H and O–H groups in total. The predicted molar refractivity (Wildman–Crippen MR) is 77.6 cm³/mol. The van der Waals surface area contributed by atoms with Gasteiger partial charge in [-0.1, -0.05) is 18.2 Å². The summed E-state index contributed by atoms with van der Waals surface area (Å²) in [4.78, 5) is 7.01. The summed E-state index contributed by atoms with van der Waals surface area (Å²) in [5, 5.41) is 0. The number of rotatable bonds is 2. The van der Waals surface area contributed by atoms with Gasteiger partial charge in [-0.15, -0.1) is 0 Å². The smallest absolute Gasteiger partial charge is 0.137 e. The van der Waals surface area contributed by atoms with Crippen LogP contribution in [0.15, 0.2) is 48.8 Å². The Morgan fingerprint density at radius 1 is 0.947 bits per heavy atom. The summed E-state index contributed by atoms with van der Waals surface area (Å²) in [6.07, 6.45) is 4.20. The van der Waals surface area contributed by atoms with Crippen molar-refractivity contribution in [2.75, 3.05) is 18.0 Å². The van der Waals surface area contributed by atoms with E-state index in [-0.39, 0.29) is 0 Å². The number of fused-ring (bicyclic) bond motifs is 1. The molecule has 0 unspecified atom stereocenters. The van der Waals surface area contributed by atoms with E-state index in [1.807, 2.05) is 0 Å². The van der Waals surface area contributed by atoms with Gasteiger partial charge in [-0.25, -0.2) is 4.98 Å². The highest BCUT2D eigenvalue weighted by molar-refractivity contribution is 5.66. The van der Waals surface area contributed by atoms with Gasteiger partial charge in [0, 0.05) is 36.7 Å². The van der Waals surface area contributed by atoms with Crippen molar-refractivity contribution in [2.24, 2.45) is 0 Å². The first-order valence-electron chi connectivity index (χ1n) is 6.60. The van der Waals surface area contributed by atoms with Gasteiger partial charge in [-0.2, -0.15) is 0 Å². The molecule has 3 heterocycles. The molecule has 94 valence electrons. The highest BCUT2D eigenvalue weighted by Crippen LogP contribution is 2.25. The average molecular weight is 249 g/mol. The summed E-state index contributed by atoms with van der Waals surface area (Å²) < 4.78 is 2.09. The fourth-order valence-corrected chi connectivity index (χ4v) is 2.39. The van der Waals surface area contributed by atoms with Crippen molar-refractivity contribution in [1.29, 1.82) is 0 Å². The Labute approximate surface area is 112 Å². The Morgan fingerprint density at radius 3 is 2.47 bits per heavy atom. The molecule has 3 aromatic rings. The van der Waals surface area contributed by atoms with Gasteiger partial charge in [-0.05, 0) is 30.7 Å². The molecule has 3 nitrogen and oxygen atoms in total. The van der Waals surface area contributed by atoms with Crippen LogP contribution in [0.1, 0.15) is 5.56 Å². The fourth-order valence-electron chi connectivity index (χ4n) is 2.39. The zero-order valence-corrected chi connectivity index (χ0v) is 10.9. The lowest BCUT2D eigenvalue weighted by atomic mass is 10.1. The lowest BCUT2D eigenvalue weighted by Crippen LogP contribution is -1.89. The van der Waals surface area contributed by atoms with Gasteiger partial charge in [0.05, 0.1) is 5.69 Å². The lowest BCUT2D eigenvalue weighted by molar-refractivity contribution is 1.16. The summed E-state index contributed by atoms with van der Waals surface area (Å²) in [5.41, 5.74) is 5.75. The second kappa shape index (κ2) is 3.85. The molecule has 4 rings (SSSR count). The van der Waals surface area contributed by atoms with E-state index in [2.05, 4.69) is 70.0 Å². The molecule has 0 spiro atoms. The standard InChI is InChI=1S/C16H15N3/c1-12-2-7-16-17-15(11-19(16)10-12)13-3-5-14(6-4-13)18-8-9-18/h2-7,10-11H,8-9H2,1H3. The minimum atomic E-state index is 0.996. The summed E-state index contributed by atoms with van der Waals surface area (Å²) in [6, 6.07) is 12.8. The summed E-state index contributed by atoms with van der Waals surface area (Å²) in [7, 11) is 0. The second-order valence-corrected chi connectivity index (χ2v) is 5.13. The molecule has 0 bridgehead atoms. The van der Waals surface area contributed by atoms with Crippen molar-refractivity contribution in [3.8, 4) is 11.3 Å². The molecule has 1 fully saturated rings. The van der Waals surface area contributed by atoms with Crippen molar-refractivity contribution >= 4 is 11.3 Å². The topological polar surface area (TPSA) is 20.3 Å². The van der Waals surface area contributed by atoms with Gasteiger partial charge in [-0.3, -0.25) is 0 Å². The SMILES string of the molecule is Cc1ccc2nc(-c3ccc(N4CC4)cc3)cn2c1. The number of aryl methyl sites for hydroxylation is 1. The Morgan fingerprint density at radius 2 is 1.74 bits per heavy atom. The van der Waals surface area contributed by atoms with Gasteiger partial charge in [0.1, 0.15) is 5.65 Å². The minimum absolute atomic E-state index is 0.996. The Hall–Kier alpha value is -2.29. The molecule has 0 amide bonds. The fraction of sp³-hybridized carbons (Fsp3) is 0.188. The molecule has 0 aliphatic carbocycles. The van der Waals surface area contributed by atoms with Gasteiger partial charge in [0.15, 0.2) is 0 Å². The second-order valence-electron chi connectivity index (χ2n) is 5.13. The number of benzene rings is 1. The zero-order chi connectivity index (χ0) is 12.8. The van der Waals surface area contributed by atoms with Crippen molar-refractivity contribution < 1.29 is 0 Å². The number of imidazole rings is 1. The normalized spacial score (nSPS) is 14.1. The largest absolute Gasteiger partial charge is 0.368 e. The van der Waals surface area contributed by atoms with Crippen LogP contribution in [-0.2, 0) is 0 Å². The first-order valence-corrected chi connectivity index (χ1v) is 6.60. The maximum absolute atomic E-state index is 4.66. The van der Waals surface area contributed by atoms with Gasteiger partial charge < -0.3 is 9.30 Å². The highest BCUT2D eigenvalue weighted by Gasteiger charge is 2.17. The zero-order valence-electron chi connectivity index (χ0n) is 10.9. The van der Waals surface area contributed by atoms with E-state index in [9.17, 15) is 0 Å². The number of hydrogen-bond acceptors (Lipinski definition) is 2. The van der Waals surface area contributed by atoms with Crippen LogP contribution in [0.5, 0.6) is 0 Å². The van der Waals surface area contributed by atoms with E-state index in [0.29, 0.717) is 0 Å². The summed E-state index contributed by atoms with van der Waals surface area (Å²) >= 11 is 0. The third-order valence-electron chi connectivity index (χ3n) is 3.57. The molecule has 1 aliphatic rings. The number of nitrogens with zero attached hydrogens (tertiary/aromatic N) is 3. The number of aromatic nitrogens is 2. The highest BCUT2D eigenvalue weighted by atomic mass is 15.3. The van der Waals surface area contributed by atoms with E-state index in [0.717, 1.165) is 11.3 Å². The predicted octanol–water partition coefficient (Wildman–Crippen LogP) is 3.13. The Balaban J connectivity index is 1.76. The Kier molecular flexibility index (Phi) is 2.15. The van der Waals surface area contributed by atoms with Crippen molar-refractivity contribution in [1.82, 2.24) is 9.38 Å². The molecule has 0 atom stereocenters. The van der Waals surface area contributed by atoms with Crippen LogP contribution in [-0.4, -0.2) is 22.5 Å². The molecule has 2 aromatic heterocycles. The van der Waals surface area contributed by atoms with Crippen LogP contribution in [0.4, 0.5) is 5.69 Å². The van der Waals surface area contributed by atoms with Crippen LogP contribution in [0.2, 0.25) is 0 Å². The summed E-state index contributed by atoms with van der Waals surface area (Å²) in [5.74, 6) is 0. The number of pyridine rings is 1. The molecule has 1 aliphatic heterocycles. The molecule has 0 saturated carbocycles. The van der Waals surface area contributed by atoms with E-state index < -0.39 is 0 Å².